The zero-order valence-corrected chi connectivity index (χ0v) is 13.9. The van der Waals surface area contributed by atoms with Gasteiger partial charge in [0.1, 0.15) is 5.82 Å². The molecule has 0 saturated heterocycles. The van der Waals surface area contributed by atoms with Crippen LogP contribution in [0.25, 0.3) is 22.4 Å². The van der Waals surface area contributed by atoms with Crippen molar-refractivity contribution in [1.29, 1.82) is 0 Å². The first-order chi connectivity index (χ1) is 11.7. The number of nitrogens with one attached hydrogen (secondary N) is 2. The van der Waals surface area contributed by atoms with Crippen molar-refractivity contribution in [3.63, 3.8) is 0 Å². The summed E-state index contributed by atoms with van der Waals surface area (Å²) in [6.07, 6.45) is 3.46. The van der Waals surface area contributed by atoms with Gasteiger partial charge in [-0.2, -0.15) is 0 Å². The number of aromatic amines is 1. The van der Waals surface area contributed by atoms with Crippen LogP contribution in [-0.4, -0.2) is 20.9 Å². The second-order valence-corrected chi connectivity index (χ2v) is 5.90. The van der Waals surface area contributed by atoms with Crippen molar-refractivity contribution in [1.82, 2.24) is 15.0 Å². The molecule has 7 heteroatoms. The SMILES string of the molecule is O=C(Nc1ccc2nc(-c3cccnc3)[nH]c2c1)c1ccc(Br)o1. The van der Waals surface area contributed by atoms with Crippen molar-refractivity contribution in [2.45, 2.75) is 0 Å². The van der Waals surface area contributed by atoms with Gasteiger partial charge < -0.3 is 14.7 Å². The second kappa shape index (κ2) is 5.93. The van der Waals surface area contributed by atoms with E-state index in [0.717, 1.165) is 22.4 Å². The third-order valence-electron chi connectivity index (χ3n) is 3.47. The van der Waals surface area contributed by atoms with Crippen LogP contribution in [-0.2, 0) is 0 Å². The number of H-pyrrole nitrogens is 1. The molecule has 118 valence electrons. The fraction of sp³-hybridized carbons (Fsp3) is 0. The van der Waals surface area contributed by atoms with Crippen molar-refractivity contribution in [2.24, 2.45) is 0 Å². The Bertz CT molecular complexity index is 1020. The van der Waals surface area contributed by atoms with Gasteiger partial charge in [-0.05, 0) is 58.4 Å². The van der Waals surface area contributed by atoms with Crippen LogP contribution in [0.2, 0.25) is 0 Å². The minimum absolute atomic E-state index is 0.239. The summed E-state index contributed by atoms with van der Waals surface area (Å²) >= 11 is 3.18. The highest BCUT2D eigenvalue weighted by Gasteiger charge is 2.12. The molecule has 0 radical (unpaired) electrons. The Morgan fingerprint density at radius 2 is 2.12 bits per heavy atom. The average molecular weight is 383 g/mol. The molecule has 1 aromatic carbocycles. The molecule has 3 aromatic heterocycles. The van der Waals surface area contributed by atoms with E-state index >= 15 is 0 Å². The Labute approximate surface area is 145 Å². The molecule has 4 rings (SSSR count). The summed E-state index contributed by atoms with van der Waals surface area (Å²) in [5, 5.41) is 2.80. The molecule has 0 fully saturated rings. The number of benzene rings is 1. The number of rotatable bonds is 3. The van der Waals surface area contributed by atoms with E-state index in [4.69, 9.17) is 4.42 Å². The van der Waals surface area contributed by atoms with Gasteiger partial charge in [0.15, 0.2) is 10.4 Å². The molecule has 0 aliphatic heterocycles. The van der Waals surface area contributed by atoms with E-state index in [-0.39, 0.29) is 11.7 Å². The number of fused-ring (bicyclic) bond motifs is 1. The number of pyridine rings is 1. The van der Waals surface area contributed by atoms with Gasteiger partial charge in [-0.25, -0.2) is 4.98 Å². The van der Waals surface area contributed by atoms with E-state index in [1.54, 1.807) is 30.6 Å². The summed E-state index contributed by atoms with van der Waals surface area (Å²) in [5.74, 6) is 0.659. The molecule has 0 spiro atoms. The standard InChI is InChI=1S/C17H11BrN4O2/c18-15-6-5-14(24-15)17(23)20-11-3-4-12-13(8-11)22-16(21-12)10-2-1-7-19-9-10/h1-9H,(H,20,23)(H,21,22). The Hall–Kier alpha value is -2.93. The minimum Gasteiger partial charge on any atom is -0.444 e. The molecule has 0 saturated carbocycles. The molecule has 3 heterocycles. The lowest BCUT2D eigenvalue weighted by atomic mass is 10.2. The number of aromatic nitrogens is 3. The Kier molecular flexibility index (Phi) is 3.62. The van der Waals surface area contributed by atoms with Crippen LogP contribution < -0.4 is 5.32 Å². The number of furan rings is 1. The predicted molar refractivity (Wildman–Crippen MR) is 93.7 cm³/mol. The molecule has 2 N–H and O–H groups in total. The molecule has 0 aliphatic rings. The quantitative estimate of drug-likeness (QED) is 0.555. The van der Waals surface area contributed by atoms with E-state index in [1.165, 1.54) is 0 Å². The highest BCUT2D eigenvalue weighted by Crippen LogP contribution is 2.23. The molecule has 4 aromatic rings. The van der Waals surface area contributed by atoms with Crippen molar-refractivity contribution >= 4 is 38.6 Å². The first-order valence-electron chi connectivity index (χ1n) is 7.16. The number of nitrogens with zero attached hydrogens (tertiary/aromatic N) is 2. The number of hydrogen-bond acceptors (Lipinski definition) is 4. The molecule has 0 aliphatic carbocycles. The Morgan fingerprint density at radius 3 is 2.88 bits per heavy atom. The molecular formula is C17H11BrN4O2. The van der Waals surface area contributed by atoms with Crippen molar-refractivity contribution in [3.8, 4) is 11.4 Å². The molecule has 0 bridgehead atoms. The summed E-state index contributed by atoms with van der Waals surface area (Å²) in [5.41, 5.74) is 3.20. The van der Waals surface area contributed by atoms with Gasteiger partial charge in [0.2, 0.25) is 0 Å². The molecule has 0 atom stereocenters. The van der Waals surface area contributed by atoms with Crippen LogP contribution in [0.1, 0.15) is 10.6 Å². The fourth-order valence-corrected chi connectivity index (χ4v) is 2.66. The van der Waals surface area contributed by atoms with Crippen molar-refractivity contribution in [2.75, 3.05) is 5.32 Å². The van der Waals surface area contributed by atoms with Crippen LogP contribution >= 0.6 is 15.9 Å². The smallest absolute Gasteiger partial charge is 0.291 e. The van der Waals surface area contributed by atoms with Gasteiger partial charge in [-0.3, -0.25) is 9.78 Å². The van der Waals surface area contributed by atoms with Gasteiger partial charge in [0, 0.05) is 23.6 Å². The highest BCUT2D eigenvalue weighted by molar-refractivity contribution is 9.10. The van der Waals surface area contributed by atoms with Gasteiger partial charge in [-0.1, -0.05) is 0 Å². The van der Waals surface area contributed by atoms with E-state index in [1.807, 2.05) is 24.3 Å². The molecule has 24 heavy (non-hydrogen) atoms. The summed E-state index contributed by atoms with van der Waals surface area (Å²) in [7, 11) is 0. The van der Waals surface area contributed by atoms with Crippen LogP contribution in [0.5, 0.6) is 0 Å². The number of carbonyl (C=O) groups is 1. The van der Waals surface area contributed by atoms with E-state index in [2.05, 4.69) is 36.2 Å². The zero-order chi connectivity index (χ0) is 16.5. The highest BCUT2D eigenvalue weighted by atomic mass is 79.9. The Morgan fingerprint density at radius 1 is 1.21 bits per heavy atom. The normalized spacial score (nSPS) is 10.9. The number of hydrogen-bond donors (Lipinski definition) is 2. The fourth-order valence-electron chi connectivity index (χ4n) is 2.36. The van der Waals surface area contributed by atoms with E-state index in [9.17, 15) is 4.79 Å². The Balaban J connectivity index is 1.62. The maximum atomic E-state index is 12.1. The van der Waals surface area contributed by atoms with Gasteiger partial charge in [0.05, 0.1) is 11.0 Å². The van der Waals surface area contributed by atoms with Crippen LogP contribution in [0.4, 0.5) is 5.69 Å². The largest absolute Gasteiger partial charge is 0.444 e. The van der Waals surface area contributed by atoms with Gasteiger partial charge in [-0.15, -0.1) is 0 Å². The first-order valence-corrected chi connectivity index (χ1v) is 7.95. The van der Waals surface area contributed by atoms with E-state index < -0.39 is 0 Å². The van der Waals surface area contributed by atoms with E-state index in [0.29, 0.717) is 10.4 Å². The number of imidazole rings is 1. The number of amides is 1. The second-order valence-electron chi connectivity index (χ2n) is 5.12. The third-order valence-corrected chi connectivity index (χ3v) is 3.90. The lowest BCUT2D eigenvalue weighted by Gasteiger charge is -2.02. The average Bonchev–Trinajstić information content (AvgIpc) is 3.21. The van der Waals surface area contributed by atoms with Gasteiger partial charge in [0.25, 0.3) is 5.91 Å². The van der Waals surface area contributed by atoms with Crippen LogP contribution in [0.3, 0.4) is 0 Å². The van der Waals surface area contributed by atoms with Crippen molar-refractivity contribution in [3.05, 3.63) is 65.3 Å². The van der Waals surface area contributed by atoms with Crippen molar-refractivity contribution < 1.29 is 9.21 Å². The maximum Gasteiger partial charge on any atom is 0.291 e. The molecular weight excluding hydrogens is 372 g/mol. The predicted octanol–water partition coefficient (Wildman–Crippen LogP) is 4.23. The number of anilines is 1. The summed E-state index contributed by atoms with van der Waals surface area (Å²) < 4.78 is 5.76. The number of halogens is 1. The lowest BCUT2D eigenvalue weighted by molar-refractivity contribution is 0.0995. The monoisotopic (exact) mass is 382 g/mol. The maximum absolute atomic E-state index is 12.1. The molecule has 0 unspecified atom stereocenters. The summed E-state index contributed by atoms with van der Waals surface area (Å²) in [6.45, 7) is 0. The number of carbonyl (C=O) groups excluding carboxylic acids is 1. The minimum atomic E-state index is -0.313. The lowest BCUT2D eigenvalue weighted by Crippen LogP contribution is -2.10. The van der Waals surface area contributed by atoms with Crippen LogP contribution in [0, 0.1) is 0 Å². The molecule has 6 nitrogen and oxygen atoms in total. The van der Waals surface area contributed by atoms with Gasteiger partial charge >= 0.3 is 0 Å². The summed E-state index contributed by atoms with van der Waals surface area (Å²) in [4.78, 5) is 24.0. The third kappa shape index (κ3) is 2.81. The van der Waals surface area contributed by atoms with Crippen LogP contribution in [0.15, 0.2) is 63.9 Å². The first kappa shape index (κ1) is 14.6. The summed E-state index contributed by atoms with van der Waals surface area (Å²) in [6, 6.07) is 12.5. The zero-order valence-electron chi connectivity index (χ0n) is 12.3. The molecule has 1 amide bonds. The topological polar surface area (TPSA) is 83.8 Å².